The van der Waals surface area contributed by atoms with Gasteiger partial charge in [0, 0.05) is 17.0 Å². The Morgan fingerprint density at radius 2 is 1.79 bits per heavy atom. The monoisotopic (exact) mass is 651 g/mol. The number of hydrogen-bond acceptors (Lipinski definition) is 9. The molecule has 0 aliphatic rings. The fraction of sp³-hybridized carbons (Fsp3) is 0.160. The van der Waals surface area contributed by atoms with E-state index < -0.39 is 40.9 Å². The molecular formula is C25H18BrF4N7O5. The maximum atomic E-state index is 14.9. The van der Waals surface area contributed by atoms with Crippen LogP contribution in [0.25, 0.3) is 22.5 Å². The van der Waals surface area contributed by atoms with Crippen LogP contribution in [0.3, 0.4) is 0 Å². The van der Waals surface area contributed by atoms with Crippen LogP contribution >= 0.6 is 15.9 Å². The van der Waals surface area contributed by atoms with Gasteiger partial charge in [0.2, 0.25) is 5.88 Å². The van der Waals surface area contributed by atoms with Crippen LogP contribution in [0.5, 0.6) is 5.88 Å². The molecule has 0 amide bonds. The molecule has 5 rings (SSSR count). The zero-order valence-electron chi connectivity index (χ0n) is 21.3. The Labute approximate surface area is 240 Å². The lowest BCUT2D eigenvalue weighted by Gasteiger charge is -2.16. The molecule has 0 atom stereocenters. The number of rotatable bonds is 8. The molecule has 0 spiro atoms. The molecule has 17 heteroatoms. The van der Waals surface area contributed by atoms with E-state index in [4.69, 9.17) is 9.99 Å². The van der Waals surface area contributed by atoms with Crippen LogP contribution in [-0.2, 0) is 23.0 Å². The highest BCUT2D eigenvalue weighted by atomic mass is 79.9. The number of aromatic nitrogens is 6. The van der Waals surface area contributed by atoms with Gasteiger partial charge < -0.3 is 4.74 Å². The minimum absolute atomic E-state index is 0.0124. The molecule has 0 saturated carbocycles. The smallest absolute Gasteiger partial charge is 0.416 e. The third-order valence-corrected chi connectivity index (χ3v) is 6.80. The Bertz CT molecular complexity index is 1890. The van der Waals surface area contributed by atoms with Crippen molar-refractivity contribution >= 4 is 32.7 Å². The first-order chi connectivity index (χ1) is 20.1. The van der Waals surface area contributed by atoms with E-state index in [-0.39, 0.29) is 33.8 Å². The quantitative estimate of drug-likeness (QED) is 0.110. The molecule has 218 valence electrons. The number of benzene rings is 2. The molecule has 0 fully saturated rings. The largest absolute Gasteiger partial charge is 0.480 e. The van der Waals surface area contributed by atoms with Gasteiger partial charge in [-0.15, -0.1) is 20.3 Å². The molecule has 5 aromatic rings. The number of alkyl halides is 4. The summed E-state index contributed by atoms with van der Waals surface area (Å²) in [5.41, 5.74) is -1.26. The van der Waals surface area contributed by atoms with Crippen molar-refractivity contribution in [3.63, 3.8) is 0 Å². The molecular weight excluding hydrogens is 634 g/mol. The highest BCUT2D eigenvalue weighted by Crippen LogP contribution is 2.34. The van der Waals surface area contributed by atoms with Gasteiger partial charge in [0.25, 0.3) is 5.56 Å². The zero-order chi connectivity index (χ0) is 30.2. The standard InChI is InChI=1S/C25H18BrF4N7O5/c1-41-20-10-9-19(31-32-20)36-23(38)21-18(11-26)37(14-7-5-13(6-8-14)34-42-40)33-22(21)35(24(36)39)12-15-16(25(28,29)30)3-2-4-17(15)27/h2-10,34,40H,11-12H2,1H3. The summed E-state index contributed by atoms with van der Waals surface area (Å²) in [6, 6.07) is 11.1. The number of hydrogen-bond donors (Lipinski definition) is 2. The van der Waals surface area contributed by atoms with Crippen LogP contribution in [0, 0.1) is 5.82 Å². The van der Waals surface area contributed by atoms with Crippen molar-refractivity contribution in [1.82, 2.24) is 29.1 Å². The van der Waals surface area contributed by atoms with E-state index in [1.165, 1.54) is 48.2 Å². The van der Waals surface area contributed by atoms with Crippen LogP contribution in [0.1, 0.15) is 16.8 Å². The minimum atomic E-state index is -4.94. The molecule has 0 saturated heterocycles. The summed E-state index contributed by atoms with van der Waals surface area (Å²) < 4.78 is 64.2. The van der Waals surface area contributed by atoms with Crippen molar-refractivity contribution in [3.05, 3.63) is 98.1 Å². The number of anilines is 1. The average Bonchev–Trinajstić information content (AvgIpc) is 3.36. The molecule has 2 N–H and O–H groups in total. The average molecular weight is 652 g/mol. The number of methoxy groups -OCH3 is 1. The second kappa shape index (κ2) is 11.3. The molecule has 0 bridgehead atoms. The lowest BCUT2D eigenvalue weighted by molar-refractivity contribution is -0.215. The molecule has 42 heavy (non-hydrogen) atoms. The Morgan fingerprint density at radius 1 is 1.05 bits per heavy atom. The molecule has 0 radical (unpaired) electrons. The summed E-state index contributed by atoms with van der Waals surface area (Å²) in [6.45, 7) is -0.920. The summed E-state index contributed by atoms with van der Waals surface area (Å²) >= 11 is 3.32. The fourth-order valence-corrected chi connectivity index (χ4v) is 4.87. The van der Waals surface area contributed by atoms with Crippen LogP contribution in [0.4, 0.5) is 23.2 Å². The van der Waals surface area contributed by atoms with E-state index >= 15 is 0 Å². The second-order valence-corrected chi connectivity index (χ2v) is 9.20. The topological polar surface area (TPSA) is 138 Å². The molecule has 2 aromatic carbocycles. The summed E-state index contributed by atoms with van der Waals surface area (Å²) in [5.74, 6) is -1.38. The predicted molar refractivity (Wildman–Crippen MR) is 144 cm³/mol. The highest BCUT2D eigenvalue weighted by Gasteiger charge is 2.35. The van der Waals surface area contributed by atoms with Gasteiger partial charge in [-0.1, -0.05) is 22.0 Å². The molecule has 12 nitrogen and oxygen atoms in total. The van der Waals surface area contributed by atoms with Crippen molar-refractivity contribution < 1.29 is 32.5 Å². The Morgan fingerprint density at radius 3 is 2.38 bits per heavy atom. The second-order valence-electron chi connectivity index (χ2n) is 8.64. The zero-order valence-corrected chi connectivity index (χ0v) is 22.8. The first-order valence-electron chi connectivity index (χ1n) is 11.8. The van der Waals surface area contributed by atoms with Crippen LogP contribution < -0.4 is 21.5 Å². The van der Waals surface area contributed by atoms with Gasteiger partial charge in [0.1, 0.15) is 11.2 Å². The van der Waals surface area contributed by atoms with E-state index in [9.17, 15) is 27.2 Å². The molecule has 0 aliphatic carbocycles. The summed E-state index contributed by atoms with van der Waals surface area (Å²) in [7, 11) is 1.33. The summed E-state index contributed by atoms with van der Waals surface area (Å²) in [5, 5.41) is 20.5. The maximum Gasteiger partial charge on any atom is 0.416 e. The first-order valence-corrected chi connectivity index (χ1v) is 12.9. The van der Waals surface area contributed by atoms with Crippen molar-refractivity contribution in [3.8, 4) is 17.4 Å². The molecule has 3 heterocycles. The molecule has 0 aliphatic heterocycles. The van der Waals surface area contributed by atoms with Crippen LogP contribution in [0.15, 0.2) is 64.2 Å². The van der Waals surface area contributed by atoms with Crippen molar-refractivity contribution in [2.75, 3.05) is 12.6 Å². The van der Waals surface area contributed by atoms with E-state index in [0.29, 0.717) is 22.0 Å². The normalized spacial score (nSPS) is 11.7. The minimum Gasteiger partial charge on any atom is -0.480 e. The van der Waals surface area contributed by atoms with Gasteiger partial charge in [-0.3, -0.25) is 9.36 Å². The lowest BCUT2D eigenvalue weighted by Crippen LogP contribution is -2.40. The predicted octanol–water partition coefficient (Wildman–Crippen LogP) is 4.05. The number of ether oxygens (including phenoxy) is 1. The van der Waals surface area contributed by atoms with E-state index in [1.807, 2.05) is 0 Å². The molecule has 3 aromatic heterocycles. The van der Waals surface area contributed by atoms with Crippen LogP contribution in [-0.4, -0.2) is 41.5 Å². The van der Waals surface area contributed by atoms with Gasteiger partial charge in [-0.05, 0) is 42.5 Å². The van der Waals surface area contributed by atoms with Crippen LogP contribution in [0.2, 0.25) is 0 Å². The van der Waals surface area contributed by atoms with Gasteiger partial charge in [0.05, 0.1) is 36.3 Å². The fourth-order valence-electron chi connectivity index (χ4n) is 4.35. The van der Waals surface area contributed by atoms with Crippen molar-refractivity contribution in [2.45, 2.75) is 18.1 Å². The Hall–Kier alpha value is -4.61. The maximum absolute atomic E-state index is 14.9. The number of nitrogens with zero attached hydrogens (tertiary/aromatic N) is 6. The van der Waals surface area contributed by atoms with E-state index in [1.54, 1.807) is 0 Å². The Kier molecular flexibility index (Phi) is 7.81. The van der Waals surface area contributed by atoms with E-state index in [0.717, 1.165) is 16.7 Å². The van der Waals surface area contributed by atoms with Gasteiger partial charge in [-0.25, -0.2) is 29.2 Å². The molecule has 0 unspecified atom stereocenters. The Balaban J connectivity index is 1.84. The van der Waals surface area contributed by atoms with E-state index in [2.05, 4.69) is 41.7 Å². The number of nitrogens with one attached hydrogen (secondary N) is 1. The van der Waals surface area contributed by atoms with Crippen molar-refractivity contribution in [2.24, 2.45) is 0 Å². The number of fused-ring (bicyclic) bond motifs is 1. The lowest BCUT2D eigenvalue weighted by atomic mass is 10.1. The third-order valence-electron chi connectivity index (χ3n) is 6.26. The highest BCUT2D eigenvalue weighted by molar-refractivity contribution is 9.08. The van der Waals surface area contributed by atoms with Gasteiger partial charge in [-0.2, -0.15) is 13.2 Å². The summed E-state index contributed by atoms with van der Waals surface area (Å²) in [6.07, 6.45) is -4.94. The van der Waals surface area contributed by atoms with Gasteiger partial charge >= 0.3 is 11.9 Å². The third kappa shape index (κ3) is 5.12. The van der Waals surface area contributed by atoms with Gasteiger partial charge in [0.15, 0.2) is 11.5 Å². The number of halogens is 5. The SMILES string of the molecule is COc1ccc(-n2c(=O)c3c(CBr)n(-c4ccc(NOO)cc4)nc3n(Cc3c(F)cccc3C(F)(F)F)c2=O)nn1. The summed E-state index contributed by atoms with van der Waals surface area (Å²) in [4.78, 5) is 31.5. The van der Waals surface area contributed by atoms with Crippen molar-refractivity contribution in [1.29, 1.82) is 0 Å². The first kappa shape index (κ1) is 28.9.